The van der Waals surface area contributed by atoms with Gasteiger partial charge < -0.3 is 19.7 Å². The number of thiophene rings is 2. The van der Waals surface area contributed by atoms with Crippen LogP contribution in [-0.2, 0) is 27.3 Å². The number of hydrogen-bond acceptors (Lipinski definition) is 7. The van der Waals surface area contributed by atoms with Gasteiger partial charge in [0.1, 0.15) is 24.6 Å². The average molecular weight is 415 g/mol. The number of fused-ring (bicyclic) bond motifs is 3. The van der Waals surface area contributed by atoms with Crippen molar-refractivity contribution in [2.45, 2.75) is 37.3 Å². The number of ether oxygens (including phenoxy) is 2. The molecule has 3 atom stereocenters. The van der Waals surface area contributed by atoms with Gasteiger partial charge in [-0.1, -0.05) is 24.3 Å². The minimum absolute atomic E-state index is 0.0590. The molecule has 2 aliphatic rings. The van der Waals surface area contributed by atoms with E-state index >= 15 is 0 Å². The fourth-order valence-electron chi connectivity index (χ4n) is 3.87. The minimum atomic E-state index is -1.73. The number of rotatable bonds is 5. The SMILES string of the molecule is O=C1O[C@@H]2C[C@@]1(O)C(Cc1cccs1)=C(OCc1cc3ccccc3s1)[C@H]2O. The Morgan fingerprint density at radius 2 is 2.07 bits per heavy atom. The van der Waals surface area contributed by atoms with Gasteiger partial charge in [-0.25, -0.2) is 4.79 Å². The van der Waals surface area contributed by atoms with E-state index in [0.717, 1.165) is 19.8 Å². The lowest BCUT2D eigenvalue weighted by Gasteiger charge is -2.31. The summed E-state index contributed by atoms with van der Waals surface area (Å²) >= 11 is 3.15. The highest BCUT2D eigenvalue weighted by molar-refractivity contribution is 7.19. The van der Waals surface area contributed by atoms with Crippen molar-refractivity contribution in [1.82, 2.24) is 0 Å². The Labute approximate surface area is 169 Å². The maximum absolute atomic E-state index is 12.3. The van der Waals surface area contributed by atoms with Crippen LogP contribution < -0.4 is 0 Å². The zero-order valence-corrected chi connectivity index (χ0v) is 16.5. The summed E-state index contributed by atoms with van der Waals surface area (Å²) in [6, 6.07) is 14.0. The van der Waals surface area contributed by atoms with Crippen LogP contribution in [0.4, 0.5) is 0 Å². The molecule has 0 amide bonds. The average Bonchev–Trinajstić information content (AvgIpc) is 3.39. The first-order valence-corrected chi connectivity index (χ1v) is 10.7. The van der Waals surface area contributed by atoms with E-state index in [2.05, 4.69) is 12.1 Å². The lowest BCUT2D eigenvalue weighted by Crippen LogP contribution is -2.44. The Hall–Kier alpha value is -2.19. The number of esters is 1. The molecule has 1 aromatic carbocycles. The van der Waals surface area contributed by atoms with Crippen molar-refractivity contribution in [3.05, 3.63) is 68.9 Å². The monoisotopic (exact) mass is 414 g/mol. The Morgan fingerprint density at radius 1 is 1.21 bits per heavy atom. The van der Waals surface area contributed by atoms with E-state index in [1.165, 1.54) is 11.3 Å². The molecule has 2 N–H and O–H groups in total. The highest BCUT2D eigenvalue weighted by Gasteiger charge is 2.58. The van der Waals surface area contributed by atoms with E-state index < -0.39 is 23.8 Å². The van der Waals surface area contributed by atoms with Crippen molar-refractivity contribution < 1.29 is 24.5 Å². The third kappa shape index (κ3) is 2.86. The highest BCUT2D eigenvalue weighted by atomic mass is 32.1. The summed E-state index contributed by atoms with van der Waals surface area (Å²) in [7, 11) is 0. The molecule has 1 aliphatic carbocycles. The van der Waals surface area contributed by atoms with Crippen molar-refractivity contribution in [1.29, 1.82) is 0 Å². The number of aliphatic hydroxyl groups excluding tert-OH is 1. The van der Waals surface area contributed by atoms with Gasteiger partial charge in [-0.05, 0) is 29.0 Å². The molecule has 0 spiro atoms. The van der Waals surface area contributed by atoms with Gasteiger partial charge in [0.05, 0.1) is 0 Å². The fraction of sp³-hybridized carbons (Fsp3) is 0.286. The largest absolute Gasteiger partial charge is 0.489 e. The normalized spacial score (nSPS) is 26.7. The molecule has 7 heteroatoms. The standard InChI is InChI=1S/C21H18O5S2/c22-18-16-10-21(24,20(23)26-16)15(9-13-5-3-7-27-13)19(18)25-11-14-8-12-4-1-2-6-17(12)28-14/h1-8,16,18,22,24H,9-11H2/t16-,18+,21-/m1/s1. The summed E-state index contributed by atoms with van der Waals surface area (Å²) in [5, 5.41) is 24.8. The summed E-state index contributed by atoms with van der Waals surface area (Å²) < 4.78 is 12.4. The van der Waals surface area contributed by atoms with Crippen molar-refractivity contribution in [3.63, 3.8) is 0 Å². The van der Waals surface area contributed by atoms with Gasteiger partial charge in [0, 0.05) is 32.9 Å². The number of benzene rings is 1. The second-order valence-electron chi connectivity index (χ2n) is 7.09. The van der Waals surface area contributed by atoms with Gasteiger partial charge in [-0.3, -0.25) is 0 Å². The number of carbonyl (C=O) groups excluding carboxylic acids is 1. The van der Waals surface area contributed by atoms with Crippen LogP contribution in [0.2, 0.25) is 0 Å². The first-order chi connectivity index (χ1) is 13.5. The maximum atomic E-state index is 12.3. The first-order valence-electron chi connectivity index (χ1n) is 9.02. The first kappa shape index (κ1) is 17.9. The predicted molar refractivity (Wildman–Crippen MR) is 107 cm³/mol. The van der Waals surface area contributed by atoms with Gasteiger partial charge in [0.25, 0.3) is 0 Å². The van der Waals surface area contributed by atoms with Crippen LogP contribution in [0.25, 0.3) is 10.1 Å². The van der Waals surface area contributed by atoms with Gasteiger partial charge in [0.15, 0.2) is 5.60 Å². The third-order valence-electron chi connectivity index (χ3n) is 5.29. The molecule has 1 fully saturated rings. The van der Waals surface area contributed by atoms with E-state index in [9.17, 15) is 15.0 Å². The van der Waals surface area contributed by atoms with E-state index in [0.29, 0.717) is 12.0 Å². The van der Waals surface area contributed by atoms with E-state index in [-0.39, 0.29) is 18.8 Å². The van der Waals surface area contributed by atoms with Crippen LogP contribution in [0.5, 0.6) is 0 Å². The fourth-order valence-corrected chi connectivity index (χ4v) is 5.57. The van der Waals surface area contributed by atoms with Crippen molar-refractivity contribution in [3.8, 4) is 0 Å². The molecule has 28 heavy (non-hydrogen) atoms. The molecule has 0 radical (unpaired) electrons. The minimum Gasteiger partial charge on any atom is -0.489 e. The smallest absolute Gasteiger partial charge is 0.343 e. The van der Waals surface area contributed by atoms with Crippen LogP contribution >= 0.6 is 22.7 Å². The molecule has 1 aliphatic heterocycles. The molecule has 5 nitrogen and oxygen atoms in total. The van der Waals surface area contributed by atoms with Crippen LogP contribution in [0.15, 0.2) is 59.2 Å². The number of carbonyl (C=O) groups is 1. The van der Waals surface area contributed by atoms with Crippen molar-refractivity contribution >= 4 is 38.7 Å². The highest BCUT2D eigenvalue weighted by Crippen LogP contribution is 2.44. The van der Waals surface area contributed by atoms with E-state index in [1.54, 1.807) is 11.3 Å². The molecule has 2 bridgehead atoms. The topological polar surface area (TPSA) is 76.0 Å². The van der Waals surface area contributed by atoms with Gasteiger partial charge in [-0.15, -0.1) is 22.7 Å². The zero-order chi connectivity index (χ0) is 19.3. The second-order valence-corrected chi connectivity index (χ2v) is 9.29. The van der Waals surface area contributed by atoms with E-state index in [1.807, 2.05) is 35.7 Å². The van der Waals surface area contributed by atoms with Crippen molar-refractivity contribution in [2.24, 2.45) is 0 Å². The summed E-state index contributed by atoms with van der Waals surface area (Å²) in [4.78, 5) is 14.3. The van der Waals surface area contributed by atoms with Gasteiger partial charge >= 0.3 is 5.97 Å². The van der Waals surface area contributed by atoms with E-state index in [4.69, 9.17) is 9.47 Å². The Balaban J connectivity index is 1.49. The molecule has 5 rings (SSSR count). The maximum Gasteiger partial charge on any atom is 0.343 e. The number of aliphatic hydroxyl groups is 2. The summed E-state index contributed by atoms with van der Waals surface area (Å²) in [6.07, 6.45) is -1.45. The molecular formula is C21H18O5S2. The predicted octanol–water partition coefficient (Wildman–Crippen LogP) is 3.40. The molecule has 0 saturated carbocycles. The summed E-state index contributed by atoms with van der Waals surface area (Å²) in [5.41, 5.74) is -1.33. The van der Waals surface area contributed by atoms with Crippen LogP contribution in [0, 0.1) is 0 Å². The quantitative estimate of drug-likeness (QED) is 0.626. The summed E-state index contributed by atoms with van der Waals surface area (Å²) in [6.45, 7) is 0.261. The molecule has 144 valence electrons. The zero-order valence-electron chi connectivity index (χ0n) is 14.8. The lowest BCUT2D eigenvalue weighted by atomic mass is 9.80. The molecule has 3 aromatic rings. The third-order valence-corrected chi connectivity index (χ3v) is 7.25. The molecule has 1 saturated heterocycles. The lowest BCUT2D eigenvalue weighted by molar-refractivity contribution is -0.153. The molecule has 3 heterocycles. The Kier molecular flexibility index (Phi) is 4.28. The Bertz CT molecular complexity index is 1030. The van der Waals surface area contributed by atoms with Gasteiger partial charge in [0.2, 0.25) is 0 Å². The Morgan fingerprint density at radius 3 is 2.86 bits per heavy atom. The van der Waals surface area contributed by atoms with Crippen LogP contribution in [0.1, 0.15) is 16.2 Å². The molecule has 0 unspecified atom stereocenters. The molecule has 2 aromatic heterocycles. The van der Waals surface area contributed by atoms with Crippen molar-refractivity contribution in [2.75, 3.05) is 0 Å². The second kappa shape index (κ2) is 6.70. The molecular weight excluding hydrogens is 396 g/mol. The summed E-state index contributed by atoms with van der Waals surface area (Å²) in [5.74, 6) is -0.445. The van der Waals surface area contributed by atoms with Crippen LogP contribution in [-0.4, -0.2) is 34.0 Å². The number of hydrogen-bond donors (Lipinski definition) is 2. The van der Waals surface area contributed by atoms with Crippen LogP contribution in [0.3, 0.4) is 0 Å². The van der Waals surface area contributed by atoms with Gasteiger partial charge in [-0.2, -0.15) is 0 Å².